The molecule has 0 radical (unpaired) electrons. The van der Waals surface area contributed by atoms with Gasteiger partial charge in [-0.05, 0) is 45.8 Å². The molecule has 0 spiro atoms. The SMILES string of the molecule is COCCN(C)[C@@H]1CCC[C@H](N2CCC(C(=O)O)CC2)[C@H]1O. The van der Waals surface area contributed by atoms with E-state index in [4.69, 9.17) is 9.84 Å². The monoisotopic (exact) mass is 314 g/mol. The molecule has 0 amide bonds. The summed E-state index contributed by atoms with van der Waals surface area (Å²) in [6.07, 6.45) is 4.17. The van der Waals surface area contributed by atoms with Crippen molar-refractivity contribution in [3.63, 3.8) is 0 Å². The van der Waals surface area contributed by atoms with E-state index in [0.29, 0.717) is 19.4 Å². The predicted octanol–water partition coefficient (Wildman–Crippen LogP) is 0.643. The Morgan fingerprint density at radius 3 is 2.55 bits per heavy atom. The van der Waals surface area contributed by atoms with E-state index < -0.39 is 5.97 Å². The summed E-state index contributed by atoms with van der Waals surface area (Å²) >= 11 is 0. The van der Waals surface area contributed by atoms with Crippen LogP contribution in [-0.2, 0) is 9.53 Å². The lowest BCUT2D eigenvalue weighted by molar-refractivity contribution is -0.144. The van der Waals surface area contributed by atoms with Crippen LogP contribution >= 0.6 is 0 Å². The highest BCUT2D eigenvalue weighted by Gasteiger charge is 2.38. The lowest BCUT2D eigenvalue weighted by Crippen LogP contribution is -2.57. The Morgan fingerprint density at radius 1 is 1.27 bits per heavy atom. The van der Waals surface area contributed by atoms with Gasteiger partial charge in [0.25, 0.3) is 0 Å². The first-order valence-electron chi connectivity index (χ1n) is 8.38. The Kier molecular flexibility index (Phi) is 6.62. The molecule has 2 aliphatic rings. The van der Waals surface area contributed by atoms with Crippen molar-refractivity contribution >= 4 is 5.97 Å². The Labute approximate surface area is 133 Å². The second-order valence-electron chi connectivity index (χ2n) is 6.68. The molecule has 0 unspecified atom stereocenters. The number of carboxylic acids is 1. The van der Waals surface area contributed by atoms with Gasteiger partial charge in [-0.25, -0.2) is 0 Å². The fraction of sp³-hybridized carbons (Fsp3) is 0.938. The zero-order valence-corrected chi connectivity index (χ0v) is 13.8. The van der Waals surface area contributed by atoms with Crippen LogP contribution in [0.1, 0.15) is 32.1 Å². The number of likely N-dealkylation sites (N-methyl/N-ethyl adjacent to an activating group) is 1. The summed E-state index contributed by atoms with van der Waals surface area (Å²) < 4.78 is 5.13. The van der Waals surface area contributed by atoms with E-state index in [9.17, 15) is 9.90 Å². The smallest absolute Gasteiger partial charge is 0.306 e. The number of rotatable bonds is 6. The average molecular weight is 314 g/mol. The van der Waals surface area contributed by atoms with Crippen LogP contribution in [0, 0.1) is 5.92 Å². The van der Waals surface area contributed by atoms with E-state index in [0.717, 1.165) is 38.9 Å². The zero-order chi connectivity index (χ0) is 16.1. The maximum atomic E-state index is 11.1. The maximum absolute atomic E-state index is 11.1. The quantitative estimate of drug-likeness (QED) is 0.750. The maximum Gasteiger partial charge on any atom is 0.306 e. The van der Waals surface area contributed by atoms with Crippen LogP contribution in [0.25, 0.3) is 0 Å². The van der Waals surface area contributed by atoms with Crippen LogP contribution in [0.4, 0.5) is 0 Å². The number of aliphatic hydroxyl groups is 1. The topological polar surface area (TPSA) is 73.2 Å². The van der Waals surface area contributed by atoms with Crippen molar-refractivity contribution in [3.05, 3.63) is 0 Å². The van der Waals surface area contributed by atoms with Gasteiger partial charge < -0.3 is 14.9 Å². The number of methoxy groups -OCH3 is 1. The minimum Gasteiger partial charge on any atom is -0.481 e. The molecule has 6 nitrogen and oxygen atoms in total. The van der Waals surface area contributed by atoms with E-state index in [1.165, 1.54) is 0 Å². The Balaban J connectivity index is 1.90. The van der Waals surface area contributed by atoms with Crippen molar-refractivity contribution in [1.82, 2.24) is 9.80 Å². The molecule has 0 aromatic rings. The minimum absolute atomic E-state index is 0.165. The first-order valence-corrected chi connectivity index (χ1v) is 8.38. The van der Waals surface area contributed by atoms with Gasteiger partial charge in [0.15, 0.2) is 0 Å². The molecule has 1 aliphatic carbocycles. The minimum atomic E-state index is -0.680. The molecule has 0 bridgehead atoms. The number of hydrogen-bond acceptors (Lipinski definition) is 5. The number of ether oxygens (including phenoxy) is 1. The highest BCUT2D eigenvalue weighted by molar-refractivity contribution is 5.70. The highest BCUT2D eigenvalue weighted by atomic mass is 16.5. The van der Waals surface area contributed by atoms with Crippen molar-refractivity contribution < 1.29 is 19.7 Å². The molecule has 1 aliphatic heterocycles. The molecule has 3 atom stereocenters. The van der Waals surface area contributed by atoms with Crippen molar-refractivity contribution in [3.8, 4) is 0 Å². The Hall–Kier alpha value is -0.690. The van der Waals surface area contributed by atoms with E-state index >= 15 is 0 Å². The van der Waals surface area contributed by atoms with Crippen molar-refractivity contribution in [2.75, 3.05) is 40.4 Å². The van der Waals surface area contributed by atoms with Crippen LogP contribution in [0.3, 0.4) is 0 Å². The summed E-state index contributed by atoms with van der Waals surface area (Å²) in [5, 5.41) is 19.9. The van der Waals surface area contributed by atoms with E-state index in [2.05, 4.69) is 9.80 Å². The third kappa shape index (κ3) is 4.19. The van der Waals surface area contributed by atoms with Gasteiger partial charge in [-0.15, -0.1) is 0 Å². The molecule has 2 fully saturated rings. The predicted molar refractivity (Wildman–Crippen MR) is 83.9 cm³/mol. The summed E-state index contributed by atoms with van der Waals surface area (Å²) in [5.41, 5.74) is 0. The van der Waals surface area contributed by atoms with E-state index in [1.54, 1.807) is 7.11 Å². The first kappa shape index (κ1) is 17.7. The van der Waals surface area contributed by atoms with Crippen LogP contribution < -0.4 is 0 Å². The molecular weight excluding hydrogens is 284 g/mol. The summed E-state index contributed by atoms with van der Waals surface area (Å²) in [7, 11) is 3.74. The lowest BCUT2D eigenvalue weighted by atomic mass is 9.84. The number of likely N-dealkylation sites (tertiary alicyclic amines) is 1. The third-order valence-corrected chi connectivity index (χ3v) is 5.35. The van der Waals surface area contributed by atoms with Gasteiger partial charge in [-0.3, -0.25) is 14.6 Å². The number of hydrogen-bond donors (Lipinski definition) is 2. The Bertz CT molecular complexity index is 358. The van der Waals surface area contributed by atoms with Gasteiger partial charge in [0.2, 0.25) is 0 Å². The fourth-order valence-corrected chi connectivity index (χ4v) is 3.89. The van der Waals surface area contributed by atoms with E-state index in [-0.39, 0.29) is 24.1 Å². The molecule has 22 heavy (non-hydrogen) atoms. The van der Waals surface area contributed by atoms with Crippen molar-refractivity contribution in [2.45, 2.75) is 50.3 Å². The number of nitrogens with zero attached hydrogens (tertiary/aromatic N) is 2. The van der Waals surface area contributed by atoms with Gasteiger partial charge in [0.05, 0.1) is 18.6 Å². The second kappa shape index (κ2) is 8.24. The average Bonchev–Trinajstić information content (AvgIpc) is 2.53. The number of carboxylic acid groups (broad SMARTS) is 1. The van der Waals surface area contributed by atoms with Crippen molar-refractivity contribution in [2.24, 2.45) is 5.92 Å². The Morgan fingerprint density at radius 2 is 1.95 bits per heavy atom. The molecular formula is C16H30N2O4. The first-order chi connectivity index (χ1) is 10.5. The van der Waals surface area contributed by atoms with Gasteiger partial charge in [-0.1, -0.05) is 6.42 Å². The van der Waals surface area contributed by atoms with Crippen LogP contribution in [0.5, 0.6) is 0 Å². The lowest BCUT2D eigenvalue weighted by Gasteiger charge is -2.46. The molecule has 0 aromatic carbocycles. The second-order valence-corrected chi connectivity index (χ2v) is 6.68. The zero-order valence-electron chi connectivity index (χ0n) is 13.8. The standard InChI is InChI=1S/C16H30N2O4/c1-17(10-11-22-2)13-4-3-5-14(15(13)19)18-8-6-12(7-9-18)16(20)21/h12-15,19H,3-11H2,1-2H3,(H,20,21)/t13-,14+,15+/m1/s1. The molecule has 0 aromatic heterocycles. The summed E-state index contributed by atoms with van der Waals surface area (Å²) in [6, 6.07) is 0.338. The largest absolute Gasteiger partial charge is 0.481 e. The molecule has 1 heterocycles. The molecule has 6 heteroatoms. The highest BCUT2D eigenvalue weighted by Crippen LogP contribution is 2.29. The number of piperidine rings is 1. The fourth-order valence-electron chi connectivity index (χ4n) is 3.89. The summed E-state index contributed by atoms with van der Waals surface area (Å²) in [6.45, 7) is 3.07. The van der Waals surface area contributed by atoms with Crippen molar-refractivity contribution in [1.29, 1.82) is 0 Å². The van der Waals surface area contributed by atoms with Crippen LogP contribution in [0.2, 0.25) is 0 Å². The van der Waals surface area contributed by atoms with Crippen LogP contribution in [-0.4, -0.2) is 84.6 Å². The molecule has 2 rings (SSSR count). The molecule has 2 N–H and O–H groups in total. The third-order valence-electron chi connectivity index (χ3n) is 5.35. The number of aliphatic hydroxyl groups excluding tert-OH is 1. The normalized spacial score (nSPS) is 31.5. The molecule has 1 saturated carbocycles. The number of carbonyl (C=O) groups is 1. The molecule has 128 valence electrons. The van der Waals surface area contributed by atoms with Crippen LogP contribution in [0.15, 0.2) is 0 Å². The summed E-state index contributed by atoms with van der Waals surface area (Å²) in [4.78, 5) is 15.6. The van der Waals surface area contributed by atoms with Gasteiger partial charge in [0, 0.05) is 25.7 Å². The van der Waals surface area contributed by atoms with Gasteiger partial charge in [-0.2, -0.15) is 0 Å². The van der Waals surface area contributed by atoms with E-state index in [1.807, 2.05) is 7.05 Å². The number of aliphatic carboxylic acids is 1. The summed E-state index contributed by atoms with van der Waals surface area (Å²) in [5.74, 6) is -0.891. The van der Waals surface area contributed by atoms with Gasteiger partial charge in [0.1, 0.15) is 0 Å². The molecule has 1 saturated heterocycles. The van der Waals surface area contributed by atoms with Gasteiger partial charge >= 0.3 is 5.97 Å².